The number of amides is 1. The number of anilines is 3. The predicted molar refractivity (Wildman–Crippen MR) is 114 cm³/mol. The summed E-state index contributed by atoms with van der Waals surface area (Å²) in [6, 6.07) is 8.13. The molecule has 4 N–H and O–H groups in total. The summed E-state index contributed by atoms with van der Waals surface area (Å²) in [5.41, 5.74) is 5.13. The van der Waals surface area contributed by atoms with Crippen molar-refractivity contribution in [2.45, 2.75) is 4.90 Å². The number of sulfonamides is 1. The second-order valence-electron chi connectivity index (χ2n) is 7.02. The maximum absolute atomic E-state index is 13.9. The van der Waals surface area contributed by atoms with E-state index >= 15 is 0 Å². The fraction of sp³-hybridized carbons (Fsp3) is 0.158. The van der Waals surface area contributed by atoms with Crippen LogP contribution in [0.3, 0.4) is 0 Å². The maximum Gasteiger partial charge on any atom is 0.287 e. The van der Waals surface area contributed by atoms with E-state index in [2.05, 4.69) is 15.4 Å². The van der Waals surface area contributed by atoms with Crippen molar-refractivity contribution in [3.8, 4) is 0 Å². The molecule has 33 heavy (non-hydrogen) atoms. The fourth-order valence-electron chi connectivity index (χ4n) is 2.71. The second-order valence-corrected chi connectivity index (χ2v) is 8.71. The largest absolute Gasteiger partial charge is 0.368 e. The van der Waals surface area contributed by atoms with E-state index in [0.29, 0.717) is 10.4 Å². The van der Waals surface area contributed by atoms with Crippen LogP contribution >= 0.6 is 0 Å². The fourth-order valence-corrected chi connectivity index (χ4v) is 3.69. The lowest BCUT2D eigenvalue weighted by Gasteiger charge is -2.11. The molecule has 1 heterocycles. The lowest BCUT2D eigenvalue weighted by molar-refractivity contribution is -0.119. The number of nitrogens with one attached hydrogen (secondary N) is 2. The van der Waals surface area contributed by atoms with Crippen LogP contribution < -0.4 is 15.8 Å². The topological polar surface area (TPSA) is 152 Å². The standard InChI is InChI=1S/C19H19F2N7O4S/c1-27(2)10-15(29)26-33(31,32)12-8-6-11(7-9-12)23-19-24-18(22)28(25-19)17(30)16-13(20)4-3-5-14(16)21/h3-9H,10H2,1-2H3,(H,26,29)(H3,22,23,24,25). The third-order valence-electron chi connectivity index (χ3n) is 4.13. The van der Waals surface area contributed by atoms with Gasteiger partial charge in [0.25, 0.3) is 15.9 Å². The first-order valence-electron chi connectivity index (χ1n) is 9.26. The predicted octanol–water partition coefficient (Wildman–Crippen LogP) is 0.937. The molecule has 2 aromatic carbocycles. The lowest BCUT2D eigenvalue weighted by atomic mass is 10.2. The van der Waals surface area contributed by atoms with Gasteiger partial charge in [-0.05, 0) is 50.5 Å². The van der Waals surface area contributed by atoms with Crippen LogP contribution in [0.15, 0.2) is 47.4 Å². The summed E-state index contributed by atoms with van der Waals surface area (Å²) in [5.74, 6) is -4.61. The molecule has 0 aliphatic carbocycles. The minimum absolute atomic E-state index is 0.107. The van der Waals surface area contributed by atoms with Crippen LogP contribution in [0.25, 0.3) is 0 Å². The number of hydrogen-bond acceptors (Lipinski definition) is 9. The van der Waals surface area contributed by atoms with Crippen molar-refractivity contribution in [2.24, 2.45) is 0 Å². The molecule has 1 amide bonds. The van der Waals surface area contributed by atoms with Gasteiger partial charge >= 0.3 is 0 Å². The molecule has 0 bridgehead atoms. The Morgan fingerprint density at radius 3 is 2.27 bits per heavy atom. The number of nitrogens with zero attached hydrogens (tertiary/aromatic N) is 4. The molecule has 3 aromatic rings. The van der Waals surface area contributed by atoms with Crippen molar-refractivity contribution in [3.63, 3.8) is 0 Å². The number of carbonyl (C=O) groups is 2. The smallest absolute Gasteiger partial charge is 0.287 e. The summed E-state index contributed by atoms with van der Waals surface area (Å²) in [6.45, 7) is -0.107. The van der Waals surface area contributed by atoms with Crippen LogP contribution in [0.4, 0.5) is 26.4 Å². The highest BCUT2D eigenvalue weighted by atomic mass is 32.2. The second kappa shape index (κ2) is 9.30. The molecule has 14 heteroatoms. The van der Waals surface area contributed by atoms with Crippen LogP contribution in [0.1, 0.15) is 10.4 Å². The van der Waals surface area contributed by atoms with Gasteiger partial charge in [0, 0.05) is 5.69 Å². The Kier molecular flexibility index (Phi) is 6.69. The van der Waals surface area contributed by atoms with E-state index in [0.717, 1.165) is 18.2 Å². The molecule has 0 saturated heterocycles. The number of benzene rings is 2. The van der Waals surface area contributed by atoms with Gasteiger partial charge in [-0.2, -0.15) is 9.67 Å². The Labute approximate surface area is 187 Å². The quantitative estimate of drug-likeness (QED) is 0.449. The zero-order valence-electron chi connectivity index (χ0n) is 17.4. The van der Waals surface area contributed by atoms with Crippen LogP contribution in [0.2, 0.25) is 0 Å². The van der Waals surface area contributed by atoms with Gasteiger partial charge in [-0.25, -0.2) is 21.9 Å². The average Bonchev–Trinajstić information content (AvgIpc) is 3.07. The first-order chi connectivity index (χ1) is 15.5. The molecule has 0 spiro atoms. The lowest BCUT2D eigenvalue weighted by Crippen LogP contribution is -2.37. The summed E-state index contributed by atoms with van der Waals surface area (Å²) < 4.78 is 54.8. The molecule has 0 aliphatic heterocycles. The highest BCUT2D eigenvalue weighted by Gasteiger charge is 2.23. The molecule has 1 aromatic heterocycles. The Morgan fingerprint density at radius 1 is 1.09 bits per heavy atom. The Bertz CT molecular complexity index is 1290. The van der Waals surface area contributed by atoms with Gasteiger partial charge in [0.15, 0.2) is 0 Å². The van der Waals surface area contributed by atoms with E-state index in [-0.39, 0.29) is 17.4 Å². The Balaban J connectivity index is 1.76. The van der Waals surface area contributed by atoms with Crippen molar-refractivity contribution in [2.75, 3.05) is 31.7 Å². The number of halogens is 2. The van der Waals surface area contributed by atoms with Gasteiger partial charge in [0.2, 0.25) is 17.8 Å². The summed E-state index contributed by atoms with van der Waals surface area (Å²) in [7, 11) is -0.832. The molecule has 174 valence electrons. The monoisotopic (exact) mass is 479 g/mol. The first kappa shape index (κ1) is 23.7. The van der Waals surface area contributed by atoms with Crippen molar-refractivity contribution >= 4 is 39.4 Å². The molecule has 3 rings (SSSR count). The van der Waals surface area contributed by atoms with E-state index in [1.807, 2.05) is 4.72 Å². The Morgan fingerprint density at radius 2 is 1.70 bits per heavy atom. The third kappa shape index (κ3) is 5.48. The number of carbonyl (C=O) groups excluding carboxylic acids is 2. The van der Waals surface area contributed by atoms with Crippen LogP contribution in [-0.2, 0) is 14.8 Å². The molecule has 0 atom stereocenters. The number of hydrogen-bond donors (Lipinski definition) is 3. The number of likely N-dealkylation sites (N-methyl/N-ethyl adjacent to an activating group) is 1. The van der Waals surface area contributed by atoms with E-state index in [1.165, 1.54) is 29.2 Å². The summed E-state index contributed by atoms with van der Waals surface area (Å²) in [5, 5.41) is 6.50. The molecule has 0 unspecified atom stereocenters. The van der Waals surface area contributed by atoms with E-state index in [1.54, 1.807) is 14.1 Å². The highest BCUT2D eigenvalue weighted by Crippen LogP contribution is 2.20. The number of nitrogens with two attached hydrogens (primary N) is 1. The maximum atomic E-state index is 13.9. The minimum atomic E-state index is -4.07. The van der Waals surface area contributed by atoms with Gasteiger partial charge in [0.05, 0.1) is 11.4 Å². The van der Waals surface area contributed by atoms with Gasteiger partial charge in [-0.3, -0.25) is 9.59 Å². The van der Waals surface area contributed by atoms with Gasteiger partial charge < -0.3 is 16.0 Å². The van der Waals surface area contributed by atoms with Gasteiger partial charge in [-0.15, -0.1) is 5.10 Å². The molecule has 0 aliphatic rings. The Hall–Kier alpha value is -3.91. The third-order valence-corrected chi connectivity index (χ3v) is 5.52. The molecular weight excluding hydrogens is 460 g/mol. The molecule has 0 fully saturated rings. The number of aromatic nitrogens is 3. The average molecular weight is 479 g/mol. The summed E-state index contributed by atoms with van der Waals surface area (Å²) in [6.07, 6.45) is 0. The van der Waals surface area contributed by atoms with Crippen molar-refractivity contribution in [3.05, 3.63) is 59.7 Å². The minimum Gasteiger partial charge on any atom is -0.368 e. The van der Waals surface area contributed by atoms with E-state index in [4.69, 9.17) is 5.73 Å². The zero-order valence-corrected chi connectivity index (χ0v) is 18.2. The van der Waals surface area contributed by atoms with Crippen LogP contribution in [0, 0.1) is 11.6 Å². The van der Waals surface area contributed by atoms with Crippen LogP contribution in [-0.4, -0.2) is 60.5 Å². The van der Waals surface area contributed by atoms with Crippen molar-refractivity contribution in [1.29, 1.82) is 0 Å². The van der Waals surface area contributed by atoms with Crippen molar-refractivity contribution in [1.82, 2.24) is 24.4 Å². The summed E-state index contributed by atoms with van der Waals surface area (Å²) >= 11 is 0. The molecule has 11 nitrogen and oxygen atoms in total. The highest BCUT2D eigenvalue weighted by molar-refractivity contribution is 7.90. The van der Waals surface area contributed by atoms with E-state index in [9.17, 15) is 26.8 Å². The molecular formula is C19H19F2N7O4S. The van der Waals surface area contributed by atoms with Crippen LogP contribution in [0.5, 0.6) is 0 Å². The molecule has 0 saturated carbocycles. The summed E-state index contributed by atoms with van der Waals surface area (Å²) in [4.78, 5) is 29.4. The normalized spacial score (nSPS) is 11.4. The SMILES string of the molecule is CN(C)CC(=O)NS(=O)(=O)c1ccc(Nc2nc(N)n(C(=O)c3c(F)cccc3F)n2)cc1. The zero-order chi connectivity index (χ0) is 24.3. The van der Waals surface area contributed by atoms with Crippen molar-refractivity contribution < 1.29 is 26.8 Å². The van der Waals surface area contributed by atoms with E-state index < -0.39 is 45.0 Å². The number of nitrogen functional groups attached to an aromatic ring is 1. The molecule has 0 radical (unpaired) electrons. The first-order valence-corrected chi connectivity index (χ1v) is 10.7. The number of rotatable bonds is 7. The van der Waals surface area contributed by atoms with Gasteiger partial charge in [0.1, 0.15) is 17.2 Å². The van der Waals surface area contributed by atoms with Gasteiger partial charge in [-0.1, -0.05) is 6.07 Å².